The summed E-state index contributed by atoms with van der Waals surface area (Å²) in [4.78, 5) is 13.5. The summed E-state index contributed by atoms with van der Waals surface area (Å²) in [6.07, 6.45) is 0. The molecule has 4 nitrogen and oxygen atoms in total. The smallest absolute Gasteiger partial charge is 0.289 e. The Bertz CT molecular complexity index is 377. The van der Waals surface area contributed by atoms with Crippen LogP contribution in [-0.2, 0) is 0 Å². The minimum atomic E-state index is -0.187. The second kappa shape index (κ2) is 6.28. The van der Waals surface area contributed by atoms with Crippen LogP contribution in [-0.4, -0.2) is 30.9 Å². The molecule has 0 aliphatic rings. The highest BCUT2D eigenvalue weighted by Crippen LogP contribution is 2.18. The van der Waals surface area contributed by atoms with E-state index in [1.54, 1.807) is 24.1 Å². The van der Waals surface area contributed by atoms with Crippen molar-refractivity contribution in [3.8, 4) is 0 Å². The molecule has 0 spiro atoms. The molecule has 0 aliphatic heterocycles. The normalized spacial score (nSPS) is 10.9. The number of furan rings is 1. The van der Waals surface area contributed by atoms with E-state index in [0.717, 1.165) is 0 Å². The molecule has 0 unspecified atom stereocenters. The molecule has 1 rings (SSSR count). The number of halogens is 2. The molecule has 0 atom stereocenters. The number of hydrogen-bond acceptors (Lipinski definition) is 3. The zero-order valence-corrected chi connectivity index (χ0v) is 11.8. The van der Waals surface area contributed by atoms with Crippen LogP contribution in [0.4, 0.5) is 0 Å². The second-order valence-corrected chi connectivity index (χ2v) is 5.01. The van der Waals surface area contributed by atoms with Crippen LogP contribution >= 0.6 is 24.0 Å². The molecule has 1 heterocycles. The number of nitrogens with zero attached hydrogens (tertiary/aromatic N) is 1. The summed E-state index contributed by atoms with van der Waals surface area (Å²) in [7, 11) is 1.72. The molecule has 6 heteroatoms. The van der Waals surface area contributed by atoms with E-state index in [1.165, 1.54) is 0 Å². The molecule has 1 aromatic heterocycles. The lowest BCUT2D eigenvalue weighted by atomic mass is 9.93. The van der Waals surface area contributed by atoms with Crippen molar-refractivity contribution >= 4 is 29.9 Å². The van der Waals surface area contributed by atoms with Crippen LogP contribution in [0.15, 0.2) is 16.5 Å². The first-order valence-electron chi connectivity index (χ1n) is 5.06. The van der Waals surface area contributed by atoms with E-state index in [1.807, 2.05) is 13.8 Å². The van der Waals surface area contributed by atoms with Crippen LogP contribution in [0.5, 0.6) is 0 Å². The van der Waals surface area contributed by atoms with E-state index < -0.39 is 0 Å². The lowest BCUT2D eigenvalue weighted by Gasteiger charge is -2.28. The van der Waals surface area contributed by atoms with Crippen molar-refractivity contribution in [2.45, 2.75) is 13.8 Å². The average molecular weight is 281 g/mol. The van der Waals surface area contributed by atoms with Gasteiger partial charge in [0.15, 0.2) is 11.0 Å². The van der Waals surface area contributed by atoms with Crippen molar-refractivity contribution in [2.24, 2.45) is 11.1 Å². The lowest BCUT2D eigenvalue weighted by Crippen LogP contribution is -2.39. The van der Waals surface area contributed by atoms with Gasteiger partial charge in [0.1, 0.15) is 0 Å². The SMILES string of the molecule is CN(CC(C)(C)CN)C(=O)c1ccc(Cl)o1.Cl. The number of carbonyl (C=O) groups is 1. The molecule has 1 aromatic rings. The van der Waals surface area contributed by atoms with Gasteiger partial charge in [0, 0.05) is 13.6 Å². The summed E-state index contributed by atoms with van der Waals surface area (Å²) in [5.74, 6) is 0.0637. The minimum Gasteiger partial charge on any atom is -0.440 e. The number of rotatable bonds is 4. The molecule has 0 saturated carbocycles. The van der Waals surface area contributed by atoms with Gasteiger partial charge < -0.3 is 15.1 Å². The molecule has 0 bridgehead atoms. The molecule has 2 N–H and O–H groups in total. The van der Waals surface area contributed by atoms with Crippen LogP contribution in [0.2, 0.25) is 5.22 Å². The zero-order chi connectivity index (χ0) is 12.3. The van der Waals surface area contributed by atoms with Crippen molar-refractivity contribution in [1.82, 2.24) is 4.90 Å². The van der Waals surface area contributed by atoms with Gasteiger partial charge in [-0.05, 0) is 35.7 Å². The van der Waals surface area contributed by atoms with Gasteiger partial charge in [0.2, 0.25) is 0 Å². The van der Waals surface area contributed by atoms with Crippen LogP contribution in [0.25, 0.3) is 0 Å². The summed E-state index contributed by atoms with van der Waals surface area (Å²) >= 11 is 5.61. The Balaban J connectivity index is 0.00000256. The minimum absolute atomic E-state index is 0. The predicted molar refractivity (Wildman–Crippen MR) is 70.8 cm³/mol. The van der Waals surface area contributed by atoms with Gasteiger partial charge in [0.05, 0.1) is 0 Å². The fourth-order valence-electron chi connectivity index (χ4n) is 1.40. The van der Waals surface area contributed by atoms with E-state index in [2.05, 4.69) is 0 Å². The molecule has 0 aromatic carbocycles. The standard InChI is InChI=1S/C11H17ClN2O2.ClH/c1-11(2,6-13)7-14(3)10(15)8-4-5-9(12)16-8;/h4-5H,6-7,13H2,1-3H3;1H. The van der Waals surface area contributed by atoms with Gasteiger partial charge in [-0.1, -0.05) is 13.8 Å². The van der Waals surface area contributed by atoms with E-state index in [0.29, 0.717) is 13.1 Å². The molecule has 98 valence electrons. The van der Waals surface area contributed by atoms with Crippen molar-refractivity contribution < 1.29 is 9.21 Å². The number of carbonyl (C=O) groups excluding carboxylic acids is 1. The molecule has 0 radical (unpaired) electrons. The highest BCUT2D eigenvalue weighted by Gasteiger charge is 2.23. The molecule has 0 fully saturated rings. The Labute approximate surface area is 112 Å². The van der Waals surface area contributed by atoms with E-state index in [4.69, 9.17) is 21.8 Å². The van der Waals surface area contributed by atoms with E-state index >= 15 is 0 Å². The van der Waals surface area contributed by atoms with Gasteiger partial charge in [0.25, 0.3) is 5.91 Å². The fourth-order valence-corrected chi connectivity index (χ4v) is 1.54. The van der Waals surface area contributed by atoms with Gasteiger partial charge in [-0.3, -0.25) is 4.79 Å². The van der Waals surface area contributed by atoms with E-state index in [-0.39, 0.29) is 34.7 Å². The van der Waals surface area contributed by atoms with Gasteiger partial charge in [-0.2, -0.15) is 0 Å². The van der Waals surface area contributed by atoms with Crippen molar-refractivity contribution in [3.63, 3.8) is 0 Å². The highest BCUT2D eigenvalue weighted by molar-refractivity contribution is 6.29. The van der Waals surface area contributed by atoms with Gasteiger partial charge in [-0.15, -0.1) is 12.4 Å². The zero-order valence-electron chi connectivity index (χ0n) is 10.2. The predicted octanol–water partition coefficient (Wildman–Crippen LogP) is 2.41. The van der Waals surface area contributed by atoms with Crippen LogP contribution in [0.3, 0.4) is 0 Å². The third-order valence-corrected chi connectivity index (χ3v) is 2.55. The largest absolute Gasteiger partial charge is 0.440 e. The van der Waals surface area contributed by atoms with Crippen molar-refractivity contribution in [3.05, 3.63) is 23.1 Å². The molecule has 1 amide bonds. The van der Waals surface area contributed by atoms with Gasteiger partial charge in [-0.25, -0.2) is 0 Å². The summed E-state index contributed by atoms with van der Waals surface area (Å²) in [6, 6.07) is 3.12. The highest BCUT2D eigenvalue weighted by atomic mass is 35.5. The van der Waals surface area contributed by atoms with Crippen LogP contribution < -0.4 is 5.73 Å². The maximum atomic E-state index is 11.9. The lowest BCUT2D eigenvalue weighted by molar-refractivity contribution is 0.0709. The Morgan fingerprint density at radius 2 is 2.12 bits per heavy atom. The molecular formula is C11H18Cl2N2O2. The quantitative estimate of drug-likeness (QED) is 0.922. The van der Waals surface area contributed by atoms with E-state index in [9.17, 15) is 4.79 Å². The Morgan fingerprint density at radius 1 is 1.53 bits per heavy atom. The maximum Gasteiger partial charge on any atom is 0.289 e. The van der Waals surface area contributed by atoms with Gasteiger partial charge >= 0.3 is 0 Å². The first kappa shape index (κ1) is 16.3. The number of amides is 1. The molecule has 0 saturated heterocycles. The topological polar surface area (TPSA) is 59.5 Å². The summed E-state index contributed by atoms with van der Waals surface area (Å²) in [6.45, 7) is 5.10. The van der Waals surface area contributed by atoms with Crippen molar-refractivity contribution in [2.75, 3.05) is 20.1 Å². The molecule has 0 aliphatic carbocycles. The number of hydrogen-bond donors (Lipinski definition) is 1. The molecular weight excluding hydrogens is 263 g/mol. The molecule has 17 heavy (non-hydrogen) atoms. The van der Waals surface area contributed by atoms with Crippen LogP contribution in [0, 0.1) is 5.41 Å². The summed E-state index contributed by atoms with van der Waals surface area (Å²) in [5, 5.41) is 0.217. The Kier molecular flexibility index (Phi) is 6.02. The summed E-state index contributed by atoms with van der Waals surface area (Å²) < 4.78 is 5.06. The Hall–Kier alpha value is -0.710. The van der Waals surface area contributed by atoms with Crippen molar-refractivity contribution in [1.29, 1.82) is 0 Å². The average Bonchev–Trinajstić information content (AvgIpc) is 2.63. The summed E-state index contributed by atoms with van der Waals surface area (Å²) in [5.41, 5.74) is 5.50. The van der Waals surface area contributed by atoms with Crippen LogP contribution in [0.1, 0.15) is 24.4 Å². The second-order valence-electron chi connectivity index (χ2n) is 4.63. The fraction of sp³-hybridized carbons (Fsp3) is 0.545. The third kappa shape index (κ3) is 4.58. The first-order chi connectivity index (χ1) is 7.35. The first-order valence-corrected chi connectivity index (χ1v) is 5.44. The maximum absolute atomic E-state index is 11.9. The monoisotopic (exact) mass is 280 g/mol. The Morgan fingerprint density at radius 3 is 2.53 bits per heavy atom. The number of nitrogens with two attached hydrogens (primary N) is 1. The third-order valence-electron chi connectivity index (χ3n) is 2.35.